The van der Waals surface area contributed by atoms with E-state index in [1.54, 1.807) is 12.1 Å². The lowest BCUT2D eigenvalue weighted by atomic mass is 10.1. The molecule has 0 amide bonds. The van der Waals surface area contributed by atoms with Crippen molar-refractivity contribution in [2.45, 2.75) is 25.5 Å². The zero-order valence-corrected chi connectivity index (χ0v) is 10.4. The highest BCUT2D eigenvalue weighted by atomic mass is 35.5. The van der Waals surface area contributed by atoms with Gasteiger partial charge in [0.05, 0.1) is 11.8 Å². The Labute approximate surface area is 109 Å². The van der Waals surface area contributed by atoms with Crippen molar-refractivity contribution >= 4 is 11.6 Å². The highest BCUT2D eigenvalue weighted by molar-refractivity contribution is 6.30. The zero-order chi connectivity index (χ0) is 12.7. The molecule has 18 heavy (non-hydrogen) atoms. The van der Waals surface area contributed by atoms with Gasteiger partial charge in [-0.25, -0.2) is 9.37 Å². The van der Waals surface area contributed by atoms with Crippen molar-refractivity contribution in [3.05, 3.63) is 40.9 Å². The summed E-state index contributed by atoms with van der Waals surface area (Å²) in [7, 11) is 0. The zero-order valence-electron chi connectivity index (χ0n) is 9.61. The summed E-state index contributed by atoms with van der Waals surface area (Å²) in [6.07, 6.45) is 0.855. The van der Waals surface area contributed by atoms with E-state index in [1.807, 2.05) is 4.57 Å². The second-order valence-electron chi connectivity index (χ2n) is 4.48. The molecule has 1 N–H and O–H groups in total. The first-order valence-corrected chi connectivity index (χ1v) is 6.22. The fraction of sp³-hybridized carbons (Fsp3) is 0.308. The molecule has 1 aliphatic heterocycles. The number of halogens is 2. The van der Waals surface area contributed by atoms with Gasteiger partial charge in [-0.05, 0) is 30.7 Å². The molecule has 0 fully saturated rings. The van der Waals surface area contributed by atoms with Crippen molar-refractivity contribution in [3.8, 4) is 11.4 Å². The molecule has 0 saturated heterocycles. The van der Waals surface area contributed by atoms with E-state index in [2.05, 4.69) is 4.98 Å². The predicted molar refractivity (Wildman–Crippen MR) is 67.0 cm³/mol. The van der Waals surface area contributed by atoms with E-state index < -0.39 is 0 Å². The molecule has 1 aliphatic rings. The number of aliphatic hydroxyl groups excluding tert-OH is 1. The van der Waals surface area contributed by atoms with Crippen LogP contribution in [-0.4, -0.2) is 20.8 Å². The number of nitrogens with zero attached hydrogens (tertiary/aromatic N) is 2. The summed E-state index contributed by atoms with van der Waals surface area (Å²) in [6, 6.07) is 6.18. The van der Waals surface area contributed by atoms with E-state index in [1.165, 1.54) is 12.1 Å². The van der Waals surface area contributed by atoms with Gasteiger partial charge in [-0.1, -0.05) is 11.6 Å². The van der Waals surface area contributed by atoms with Crippen molar-refractivity contribution in [1.29, 1.82) is 0 Å². The summed E-state index contributed by atoms with van der Waals surface area (Å²) in [4.78, 5) is 4.32. The molecule has 3 nitrogen and oxygen atoms in total. The molecule has 1 atom stereocenters. The number of hydrogen-bond acceptors (Lipinski definition) is 2. The molecule has 0 bridgehead atoms. The third-order valence-electron chi connectivity index (χ3n) is 3.24. The number of aromatic nitrogens is 2. The Morgan fingerprint density at radius 1 is 1.33 bits per heavy atom. The lowest BCUT2D eigenvalue weighted by molar-refractivity contribution is 0.144. The van der Waals surface area contributed by atoms with Crippen molar-refractivity contribution in [2.75, 3.05) is 0 Å². The van der Waals surface area contributed by atoms with E-state index in [-0.39, 0.29) is 11.9 Å². The number of rotatable bonds is 1. The molecule has 2 heterocycles. The molecule has 0 saturated carbocycles. The molecule has 1 aromatic carbocycles. The van der Waals surface area contributed by atoms with Gasteiger partial charge in [0.15, 0.2) is 5.15 Å². The Hall–Kier alpha value is -1.39. The number of aliphatic hydroxyl groups is 1. The first kappa shape index (κ1) is 11.7. The maximum absolute atomic E-state index is 12.9. The topological polar surface area (TPSA) is 38.0 Å². The number of benzene rings is 1. The predicted octanol–water partition coefficient (Wildman–Crippen LogP) is 2.65. The van der Waals surface area contributed by atoms with Crippen LogP contribution >= 0.6 is 11.6 Å². The van der Waals surface area contributed by atoms with Gasteiger partial charge in [0, 0.05) is 18.5 Å². The second-order valence-corrected chi connectivity index (χ2v) is 4.84. The fourth-order valence-corrected chi connectivity index (χ4v) is 2.57. The van der Waals surface area contributed by atoms with Crippen LogP contribution in [0.1, 0.15) is 12.1 Å². The first-order chi connectivity index (χ1) is 8.65. The highest BCUT2D eigenvalue weighted by Gasteiger charge is 2.24. The molecular formula is C13H12ClFN2O. The van der Waals surface area contributed by atoms with E-state index in [0.29, 0.717) is 24.5 Å². The monoisotopic (exact) mass is 266 g/mol. The number of fused-ring (bicyclic) bond motifs is 1. The van der Waals surface area contributed by atoms with Crippen LogP contribution < -0.4 is 0 Å². The summed E-state index contributed by atoms with van der Waals surface area (Å²) < 4.78 is 14.9. The molecule has 0 spiro atoms. The largest absolute Gasteiger partial charge is 0.393 e. The summed E-state index contributed by atoms with van der Waals surface area (Å²) in [5.41, 5.74) is 1.69. The Balaban J connectivity index is 2.08. The highest BCUT2D eigenvalue weighted by Crippen LogP contribution is 2.30. The quantitative estimate of drug-likeness (QED) is 0.862. The number of imidazole rings is 1. The third kappa shape index (κ3) is 1.91. The smallest absolute Gasteiger partial charge is 0.151 e. The van der Waals surface area contributed by atoms with Crippen LogP contribution in [0, 0.1) is 5.82 Å². The van der Waals surface area contributed by atoms with Gasteiger partial charge >= 0.3 is 0 Å². The Morgan fingerprint density at radius 3 is 2.78 bits per heavy atom. The van der Waals surface area contributed by atoms with E-state index in [4.69, 9.17) is 11.6 Å². The minimum absolute atomic E-state index is 0.273. The van der Waals surface area contributed by atoms with Crippen molar-refractivity contribution < 1.29 is 9.50 Å². The molecule has 2 aromatic rings. The van der Waals surface area contributed by atoms with Crippen LogP contribution in [0.2, 0.25) is 5.15 Å². The molecule has 94 valence electrons. The molecule has 0 aliphatic carbocycles. The van der Waals surface area contributed by atoms with Gasteiger partial charge < -0.3 is 9.67 Å². The lowest BCUT2D eigenvalue weighted by Gasteiger charge is -2.21. The minimum Gasteiger partial charge on any atom is -0.393 e. The summed E-state index contributed by atoms with van der Waals surface area (Å²) >= 11 is 6.09. The van der Waals surface area contributed by atoms with E-state index in [0.717, 1.165) is 17.1 Å². The Morgan fingerprint density at radius 2 is 2.06 bits per heavy atom. The van der Waals surface area contributed by atoms with Crippen molar-refractivity contribution in [3.63, 3.8) is 0 Å². The molecular weight excluding hydrogens is 255 g/mol. The third-order valence-corrected chi connectivity index (χ3v) is 3.54. The summed E-state index contributed by atoms with van der Waals surface area (Å²) in [5, 5.41) is 10.1. The standard InChI is InChI=1S/C13H12ClFN2O/c14-12-11-7-10(18)5-6-17(11)13(16-12)8-1-3-9(15)4-2-8/h1-4,10,18H,5-7H2. The second kappa shape index (κ2) is 4.37. The van der Waals surface area contributed by atoms with Crippen molar-refractivity contribution in [1.82, 2.24) is 9.55 Å². The van der Waals surface area contributed by atoms with Gasteiger partial charge in [0.25, 0.3) is 0 Å². The molecule has 3 rings (SSSR count). The summed E-state index contributed by atoms with van der Waals surface area (Å²) in [5.74, 6) is 0.465. The van der Waals surface area contributed by atoms with Gasteiger partial charge in [-0.15, -0.1) is 0 Å². The van der Waals surface area contributed by atoms with E-state index in [9.17, 15) is 9.50 Å². The van der Waals surface area contributed by atoms with Crippen LogP contribution in [-0.2, 0) is 13.0 Å². The van der Waals surface area contributed by atoms with Crippen LogP contribution in [0.5, 0.6) is 0 Å². The Kier molecular flexibility index (Phi) is 2.84. The van der Waals surface area contributed by atoms with Gasteiger partial charge in [-0.2, -0.15) is 0 Å². The van der Waals surface area contributed by atoms with E-state index >= 15 is 0 Å². The van der Waals surface area contributed by atoms with Crippen LogP contribution in [0.4, 0.5) is 4.39 Å². The van der Waals surface area contributed by atoms with Crippen LogP contribution in [0.15, 0.2) is 24.3 Å². The lowest BCUT2D eigenvalue weighted by Crippen LogP contribution is -2.23. The van der Waals surface area contributed by atoms with Gasteiger partial charge in [-0.3, -0.25) is 0 Å². The summed E-state index contributed by atoms with van der Waals surface area (Å²) in [6.45, 7) is 0.683. The average Bonchev–Trinajstić information content (AvgIpc) is 2.68. The molecule has 0 radical (unpaired) electrons. The van der Waals surface area contributed by atoms with Crippen molar-refractivity contribution in [2.24, 2.45) is 0 Å². The molecule has 1 aromatic heterocycles. The van der Waals surface area contributed by atoms with Gasteiger partial charge in [0.1, 0.15) is 11.6 Å². The first-order valence-electron chi connectivity index (χ1n) is 5.84. The maximum atomic E-state index is 12.9. The molecule has 1 unspecified atom stereocenters. The normalized spacial score (nSPS) is 18.7. The number of hydrogen-bond donors (Lipinski definition) is 1. The average molecular weight is 267 g/mol. The van der Waals surface area contributed by atoms with Crippen LogP contribution in [0.25, 0.3) is 11.4 Å². The minimum atomic E-state index is -0.354. The fourth-order valence-electron chi connectivity index (χ4n) is 2.32. The SMILES string of the molecule is OC1CCn2c(-c3ccc(F)cc3)nc(Cl)c2C1. The van der Waals surface area contributed by atoms with Crippen LogP contribution in [0.3, 0.4) is 0 Å². The maximum Gasteiger partial charge on any atom is 0.151 e. The van der Waals surface area contributed by atoms with Gasteiger partial charge in [0.2, 0.25) is 0 Å². The Bertz CT molecular complexity index is 579. The molecule has 5 heteroatoms.